The molecule has 0 amide bonds. The number of ketones is 1. The minimum absolute atomic E-state index is 0.0145. The first-order valence-electron chi connectivity index (χ1n) is 4.43. The summed E-state index contributed by atoms with van der Waals surface area (Å²) in [5.74, 6) is -1.06. The zero-order valence-corrected chi connectivity index (χ0v) is 9.90. The largest absolute Gasteiger partial charge is 0.287 e. The Hall–Kier alpha value is -1.56. The molecule has 0 spiro atoms. The van der Waals surface area contributed by atoms with E-state index in [1.165, 1.54) is 23.1 Å². The lowest BCUT2D eigenvalue weighted by atomic mass is 10.1. The molecule has 82 valence electrons. The van der Waals surface area contributed by atoms with Crippen LogP contribution in [0.5, 0.6) is 0 Å². The van der Waals surface area contributed by atoms with Crippen LogP contribution in [-0.4, -0.2) is 20.5 Å². The number of pyridine rings is 1. The molecule has 2 heterocycles. The molecule has 0 atom stereocenters. The van der Waals surface area contributed by atoms with Crippen molar-refractivity contribution in [1.29, 1.82) is 0 Å². The summed E-state index contributed by atoms with van der Waals surface area (Å²) < 4.78 is 15.3. The van der Waals surface area contributed by atoms with E-state index in [4.69, 9.17) is 0 Å². The quantitative estimate of drug-likeness (QED) is 0.792. The van der Waals surface area contributed by atoms with Crippen LogP contribution in [0.1, 0.15) is 16.1 Å². The van der Waals surface area contributed by atoms with Crippen LogP contribution < -0.4 is 0 Å². The maximum absolute atomic E-state index is 13.4. The Morgan fingerprint density at radius 3 is 2.81 bits per heavy atom. The number of rotatable bonds is 2. The van der Waals surface area contributed by atoms with E-state index in [-0.39, 0.29) is 5.56 Å². The fourth-order valence-electron chi connectivity index (χ4n) is 1.35. The summed E-state index contributed by atoms with van der Waals surface area (Å²) >= 11 is 3.20. The average Bonchev–Trinajstić information content (AvgIpc) is 2.58. The molecule has 2 aromatic heterocycles. The van der Waals surface area contributed by atoms with Gasteiger partial charge in [0.05, 0.1) is 22.4 Å². The van der Waals surface area contributed by atoms with Gasteiger partial charge in [0, 0.05) is 13.2 Å². The topological polar surface area (TPSA) is 47.8 Å². The Kier molecular flexibility index (Phi) is 2.82. The molecule has 0 aliphatic carbocycles. The molecule has 2 aromatic rings. The highest BCUT2D eigenvalue weighted by atomic mass is 79.9. The van der Waals surface area contributed by atoms with Crippen LogP contribution in [0.2, 0.25) is 0 Å². The fraction of sp³-hybridized carbons (Fsp3) is 0.100. The summed E-state index contributed by atoms with van der Waals surface area (Å²) in [5.41, 5.74) is 0.296. The first-order chi connectivity index (χ1) is 7.61. The maximum Gasteiger partial charge on any atom is 0.215 e. The number of carbonyl (C=O) groups excluding carboxylic acids is 1. The van der Waals surface area contributed by atoms with Gasteiger partial charge in [0.1, 0.15) is 5.69 Å². The van der Waals surface area contributed by atoms with Crippen LogP contribution >= 0.6 is 15.9 Å². The Morgan fingerprint density at radius 1 is 1.50 bits per heavy atom. The second kappa shape index (κ2) is 4.13. The minimum Gasteiger partial charge on any atom is -0.287 e. The molecule has 6 heteroatoms. The van der Waals surface area contributed by atoms with Crippen LogP contribution in [0, 0.1) is 5.82 Å². The van der Waals surface area contributed by atoms with E-state index < -0.39 is 11.6 Å². The molecule has 4 nitrogen and oxygen atoms in total. The number of hydrogen-bond donors (Lipinski definition) is 0. The highest BCUT2D eigenvalue weighted by molar-refractivity contribution is 9.10. The summed E-state index contributed by atoms with van der Waals surface area (Å²) in [4.78, 5) is 15.6. The monoisotopic (exact) mass is 283 g/mol. The number of carbonyl (C=O) groups is 1. The van der Waals surface area contributed by atoms with Gasteiger partial charge in [-0.2, -0.15) is 5.10 Å². The van der Waals surface area contributed by atoms with Gasteiger partial charge in [0.15, 0.2) is 5.82 Å². The number of aromatic nitrogens is 3. The van der Waals surface area contributed by atoms with E-state index in [9.17, 15) is 9.18 Å². The molecule has 0 saturated carbocycles. The van der Waals surface area contributed by atoms with Crippen LogP contribution in [0.3, 0.4) is 0 Å². The Morgan fingerprint density at radius 2 is 2.25 bits per heavy atom. The number of halogens is 2. The predicted octanol–water partition coefficient (Wildman–Crippen LogP) is 1.95. The Balaban J connectivity index is 2.52. The van der Waals surface area contributed by atoms with E-state index in [0.717, 1.165) is 6.20 Å². The van der Waals surface area contributed by atoms with Gasteiger partial charge in [-0.25, -0.2) is 4.39 Å². The third kappa shape index (κ3) is 1.76. The van der Waals surface area contributed by atoms with Gasteiger partial charge in [0.2, 0.25) is 5.78 Å². The fourth-order valence-corrected chi connectivity index (χ4v) is 1.88. The third-order valence-corrected chi connectivity index (χ3v) is 2.71. The van der Waals surface area contributed by atoms with Crippen molar-refractivity contribution in [3.63, 3.8) is 0 Å². The van der Waals surface area contributed by atoms with Crippen molar-refractivity contribution in [2.75, 3.05) is 0 Å². The number of aryl methyl sites for hydroxylation is 1. The van der Waals surface area contributed by atoms with E-state index in [1.54, 1.807) is 7.05 Å². The van der Waals surface area contributed by atoms with Crippen molar-refractivity contribution < 1.29 is 9.18 Å². The lowest BCUT2D eigenvalue weighted by Gasteiger charge is -2.03. The lowest BCUT2D eigenvalue weighted by molar-refractivity contribution is 0.102. The molecular weight excluding hydrogens is 277 g/mol. The highest BCUT2D eigenvalue weighted by Gasteiger charge is 2.20. The minimum atomic E-state index is -0.638. The van der Waals surface area contributed by atoms with Crippen molar-refractivity contribution in [2.45, 2.75) is 0 Å². The average molecular weight is 284 g/mol. The van der Waals surface area contributed by atoms with Crippen LogP contribution in [-0.2, 0) is 7.05 Å². The zero-order chi connectivity index (χ0) is 11.7. The molecule has 16 heavy (non-hydrogen) atoms. The maximum atomic E-state index is 13.4. The molecule has 2 rings (SSSR count). The van der Waals surface area contributed by atoms with Crippen LogP contribution in [0.25, 0.3) is 0 Å². The van der Waals surface area contributed by atoms with E-state index in [2.05, 4.69) is 26.0 Å². The smallest absolute Gasteiger partial charge is 0.215 e. The molecular formula is C10H7BrFN3O. The van der Waals surface area contributed by atoms with Crippen molar-refractivity contribution in [2.24, 2.45) is 7.05 Å². The SMILES string of the molecule is Cn1ncc(Br)c1C(=O)c1ccncc1F. The summed E-state index contributed by atoms with van der Waals surface area (Å²) in [6.45, 7) is 0. The number of nitrogens with zero attached hydrogens (tertiary/aromatic N) is 3. The first kappa shape index (κ1) is 10.9. The summed E-state index contributed by atoms with van der Waals surface area (Å²) in [5, 5.41) is 3.90. The second-order valence-electron chi connectivity index (χ2n) is 3.15. The van der Waals surface area contributed by atoms with E-state index in [0.29, 0.717) is 10.2 Å². The van der Waals surface area contributed by atoms with Gasteiger partial charge >= 0.3 is 0 Å². The number of hydrogen-bond acceptors (Lipinski definition) is 3. The van der Waals surface area contributed by atoms with Crippen molar-refractivity contribution in [1.82, 2.24) is 14.8 Å². The molecule has 0 bridgehead atoms. The Bertz CT molecular complexity index is 533. The third-order valence-electron chi connectivity index (χ3n) is 2.13. The second-order valence-corrected chi connectivity index (χ2v) is 4.00. The van der Waals surface area contributed by atoms with Gasteiger partial charge in [-0.15, -0.1) is 0 Å². The Labute approximate surface area is 99.2 Å². The molecule has 0 radical (unpaired) electrons. The molecule has 0 saturated heterocycles. The molecule has 0 aliphatic heterocycles. The molecule has 0 unspecified atom stereocenters. The van der Waals surface area contributed by atoms with Crippen molar-refractivity contribution in [3.8, 4) is 0 Å². The highest BCUT2D eigenvalue weighted by Crippen LogP contribution is 2.19. The summed E-state index contributed by atoms with van der Waals surface area (Å²) in [6, 6.07) is 1.34. The molecule has 0 aromatic carbocycles. The van der Waals surface area contributed by atoms with Crippen LogP contribution in [0.15, 0.2) is 29.1 Å². The van der Waals surface area contributed by atoms with Crippen molar-refractivity contribution >= 4 is 21.7 Å². The summed E-state index contributed by atoms with van der Waals surface area (Å²) in [7, 11) is 1.62. The predicted molar refractivity (Wildman–Crippen MR) is 58.5 cm³/mol. The standard InChI is InChI=1S/C10H7BrFN3O/c1-15-9(7(11)4-14-15)10(16)6-2-3-13-5-8(6)12/h2-5H,1H3. The van der Waals surface area contributed by atoms with Gasteiger partial charge in [-0.3, -0.25) is 14.5 Å². The van der Waals surface area contributed by atoms with Gasteiger partial charge in [0.25, 0.3) is 0 Å². The van der Waals surface area contributed by atoms with E-state index in [1.807, 2.05) is 0 Å². The van der Waals surface area contributed by atoms with Crippen LogP contribution in [0.4, 0.5) is 4.39 Å². The first-order valence-corrected chi connectivity index (χ1v) is 5.22. The van der Waals surface area contributed by atoms with Gasteiger partial charge in [-0.1, -0.05) is 0 Å². The molecule has 0 aliphatic rings. The van der Waals surface area contributed by atoms with Gasteiger partial charge < -0.3 is 0 Å². The van der Waals surface area contributed by atoms with Crippen molar-refractivity contribution in [3.05, 3.63) is 46.2 Å². The van der Waals surface area contributed by atoms with Gasteiger partial charge in [-0.05, 0) is 22.0 Å². The van der Waals surface area contributed by atoms with E-state index >= 15 is 0 Å². The lowest BCUT2D eigenvalue weighted by Crippen LogP contribution is -2.10. The molecule has 0 fully saturated rings. The molecule has 0 N–H and O–H groups in total. The normalized spacial score (nSPS) is 10.4. The summed E-state index contributed by atoms with van der Waals surface area (Å²) in [6.07, 6.45) is 3.88. The zero-order valence-electron chi connectivity index (χ0n) is 8.32.